The number of benzene rings is 2. The van der Waals surface area contributed by atoms with Crippen molar-refractivity contribution in [2.75, 3.05) is 18.4 Å². The molecule has 7 nitrogen and oxygen atoms in total. The molecule has 1 N–H and O–H groups in total. The molecule has 1 saturated carbocycles. The minimum absolute atomic E-state index is 0.0203. The van der Waals surface area contributed by atoms with Crippen molar-refractivity contribution >= 4 is 43.1 Å². The number of carbonyl (C=O) groups is 1. The van der Waals surface area contributed by atoms with Crippen LogP contribution in [0.5, 0.6) is 0 Å². The van der Waals surface area contributed by atoms with Crippen LogP contribution in [0.1, 0.15) is 48.9 Å². The number of hydrogen-bond acceptors (Lipinski definition) is 5. The minimum atomic E-state index is -3.69. The molecular weight excluding hydrogens is 472 g/mol. The number of rotatable bonds is 6. The van der Waals surface area contributed by atoms with Gasteiger partial charge in [-0.2, -0.15) is 4.31 Å². The highest BCUT2D eigenvalue weighted by Crippen LogP contribution is 2.30. The van der Waals surface area contributed by atoms with E-state index in [9.17, 15) is 21.6 Å². The second kappa shape index (κ2) is 9.13. The van der Waals surface area contributed by atoms with Gasteiger partial charge in [-0.25, -0.2) is 16.8 Å². The largest absolute Gasteiger partial charge is 0.322 e. The first-order valence-electron chi connectivity index (χ1n) is 10.6. The molecular formula is C22H25ClN2O5S2. The van der Waals surface area contributed by atoms with Crippen molar-refractivity contribution in [3.05, 3.63) is 53.1 Å². The Labute approximate surface area is 193 Å². The predicted molar refractivity (Wildman–Crippen MR) is 123 cm³/mol. The van der Waals surface area contributed by atoms with Crippen LogP contribution in [0.4, 0.5) is 5.69 Å². The molecule has 1 heterocycles. The summed E-state index contributed by atoms with van der Waals surface area (Å²) in [5, 5.41) is 2.45. The summed E-state index contributed by atoms with van der Waals surface area (Å²) in [4.78, 5) is 13.1. The van der Waals surface area contributed by atoms with E-state index in [1.165, 1.54) is 46.8 Å². The van der Waals surface area contributed by atoms with Gasteiger partial charge in [-0.1, -0.05) is 24.4 Å². The normalized spacial score (nSPS) is 18.2. The third-order valence-corrected chi connectivity index (χ3v) is 10.6. The summed E-state index contributed by atoms with van der Waals surface area (Å²) >= 11 is 6.18. The van der Waals surface area contributed by atoms with E-state index in [4.69, 9.17) is 11.6 Å². The lowest BCUT2D eigenvalue weighted by Gasteiger charge is -2.16. The van der Waals surface area contributed by atoms with Crippen molar-refractivity contribution in [3.63, 3.8) is 0 Å². The van der Waals surface area contributed by atoms with E-state index in [-0.39, 0.29) is 25.6 Å². The molecule has 2 aromatic rings. The van der Waals surface area contributed by atoms with Gasteiger partial charge >= 0.3 is 0 Å². The molecule has 4 rings (SSSR count). The van der Waals surface area contributed by atoms with Gasteiger partial charge in [0.05, 0.1) is 25.6 Å². The van der Waals surface area contributed by atoms with Crippen LogP contribution in [0.25, 0.3) is 0 Å². The molecule has 1 aliphatic heterocycles. The SMILES string of the molecule is O=C(Nc1ccc(S(=O)(=O)C2CCCC2)cc1)c1cc(S(=O)(=O)N2CCCC2)ccc1Cl. The number of nitrogens with one attached hydrogen (secondary N) is 1. The molecule has 2 fully saturated rings. The summed E-state index contributed by atoms with van der Waals surface area (Å²) in [7, 11) is -7.06. The third kappa shape index (κ3) is 4.57. The van der Waals surface area contributed by atoms with Gasteiger partial charge in [0.1, 0.15) is 0 Å². The first-order chi connectivity index (χ1) is 15.2. The monoisotopic (exact) mass is 496 g/mol. The Morgan fingerprint density at radius 1 is 0.875 bits per heavy atom. The highest BCUT2D eigenvalue weighted by atomic mass is 35.5. The topological polar surface area (TPSA) is 101 Å². The lowest BCUT2D eigenvalue weighted by Crippen LogP contribution is -2.28. The van der Waals surface area contributed by atoms with E-state index in [1.807, 2.05) is 0 Å². The number of anilines is 1. The Morgan fingerprint density at radius 2 is 1.47 bits per heavy atom. The van der Waals surface area contributed by atoms with Crippen molar-refractivity contribution in [1.82, 2.24) is 4.31 Å². The van der Waals surface area contributed by atoms with Gasteiger partial charge in [-0.3, -0.25) is 4.79 Å². The summed E-state index contributed by atoms with van der Waals surface area (Å²) in [6, 6.07) is 10.1. The molecule has 32 heavy (non-hydrogen) atoms. The first kappa shape index (κ1) is 23.2. The lowest BCUT2D eigenvalue weighted by atomic mass is 10.2. The van der Waals surface area contributed by atoms with Crippen molar-refractivity contribution in [2.45, 2.75) is 53.6 Å². The quantitative estimate of drug-likeness (QED) is 0.649. The Kier molecular flexibility index (Phi) is 6.63. The van der Waals surface area contributed by atoms with Gasteiger partial charge in [0.2, 0.25) is 10.0 Å². The average molecular weight is 497 g/mol. The van der Waals surface area contributed by atoms with E-state index in [0.29, 0.717) is 31.6 Å². The Balaban J connectivity index is 1.53. The maximum atomic E-state index is 12.8. The fraction of sp³-hybridized carbons (Fsp3) is 0.409. The number of nitrogens with zero attached hydrogens (tertiary/aromatic N) is 1. The second-order valence-corrected chi connectivity index (χ2v) is 12.8. The van der Waals surface area contributed by atoms with E-state index < -0.39 is 25.8 Å². The predicted octanol–water partition coefficient (Wildman–Crippen LogP) is 4.09. The van der Waals surface area contributed by atoms with Crippen LogP contribution in [-0.4, -0.2) is 45.4 Å². The number of amides is 1. The molecule has 1 amide bonds. The first-order valence-corrected chi connectivity index (χ1v) is 14.0. The zero-order chi connectivity index (χ0) is 22.9. The number of carbonyl (C=O) groups excluding carboxylic acids is 1. The maximum Gasteiger partial charge on any atom is 0.257 e. The van der Waals surface area contributed by atoms with Gasteiger partial charge in [0, 0.05) is 18.8 Å². The second-order valence-electron chi connectivity index (χ2n) is 8.18. The van der Waals surface area contributed by atoms with Crippen molar-refractivity contribution < 1.29 is 21.6 Å². The van der Waals surface area contributed by atoms with Crippen LogP contribution >= 0.6 is 11.6 Å². The Bertz CT molecular complexity index is 1220. The van der Waals surface area contributed by atoms with E-state index in [0.717, 1.165) is 25.7 Å². The summed E-state index contributed by atoms with van der Waals surface area (Å²) in [5.74, 6) is -0.570. The van der Waals surface area contributed by atoms with Gasteiger partial charge in [0.25, 0.3) is 5.91 Å². The van der Waals surface area contributed by atoms with Crippen LogP contribution in [0.3, 0.4) is 0 Å². The van der Waals surface area contributed by atoms with Crippen molar-refractivity contribution in [3.8, 4) is 0 Å². The molecule has 0 spiro atoms. The number of hydrogen-bond donors (Lipinski definition) is 1. The van der Waals surface area contributed by atoms with Gasteiger partial charge in [-0.05, 0) is 68.1 Å². The van der Waals surface area contributed by atoms with Crippen molar-refractivity contribution in [1.29, 1.82) is 0 Å². The van der Waals surface area contributed by atoms with E-state index in [1.54, 1.807) is 0 Å². The van der Waals surface area contributed by atoms with Crippen LogP contribution in [0.15, 0.2) is 52.3 Å². The lowest BCUT2D eigenvalue weighted by molar-refractivity contribution is 0.102. The molecule has 1 aliphatic carbocycles. The van der Waals surface area contributed by atoms with Gasteiger partial charge in [0.15, 0.2) is 9.84 Å². The summed E-state index contributed by atoms with van der Waals surface area (Å²) in [6.45, 7) is 0.922. The van der Waals surface area contributed by atoms with Crippen LogP contribution in [0, 0.1) is 0 Å². The summed E-state index contributed by atoms with van der Waals surface area (Å²) in [6.07, 6.45) is 4.82. The molecule has 0 atom stereocenters. The minimum Gasteiger partial charge on any atom is -0.322 e. The highest BCUT2D eigenvalue weighted by Gasteiger charge is 2.30. The van der Waals surface area contributed by atoms with E-state index >= 15 is 0 Å². The molecule has 0 radical (unpaired) electrons. The molecule has 0 aromatic heterocycles. The molecule has 2 aliphatic rings. The van der Waals surface area contributed by atoms with E-state index in [2.05, 4.69) is 5.32 Å². The zero-order valence-electron chi connectivity index (χ0n) is 17.5. The number of sulfone groups is 1. The molecule has 1 saturated heterocycles. The fourth-order valence-electron chi connectivity index (χ4n) is 4.23. The third-order valence-electron chi connectivity index (χ3n) is 6.07. The molecule has 10 heteroatoms. The summed E-state index contributed by atoms with van der Waals surface area (Å²) < 4.78 is 52.4. The molecule has 172 valence electrons. The molecule has 0 bridgehead atoms. The average Bonchev–Trinajstić information content (AvgIpc) is 3.49. The standard InChI is InChI=1S/C22H25ClN2O5S2/c23-21-12-11-19(32(29,30)25-13-3-4-14-25)15-20(21)22(26)24-16-7-9-18(10-8-16)31(27,28)17-5-1-2-6-17/h7-12,15,17H,1-6,13-14H2,(H,24,26). The van der Waals surface area contributed by atoms with Crippen LogP contribution in [0.2, 0.25) is 5.02 Å². The Hall–Kier alpha value is -1.94. The molecule has 2 aromatic carbocycles. The van der Waals surface area contributed by atoms with Crippen molar-refractivity contribution in [2.24, 2.45) is 0 Å². The number of halogens is 1. The van der Waals surface area contributed by atoms with Crippen LogP contribution in [-0.2, 0) is 19.9 Å². The maximum absolute atomic E-state index is 12.8. The summed E-state index contributed by atoms with van der Waals surface area (Å²) in [5.41, 5.74) is 0.429. The zero-order valence-corrected chi connectivity index (χ0v) is 19.8. The van der Waals surface area contributed by atoms with Gasteiger partial charge < -0.3 is 5.32 Å². The Morgan fingerprint density at radius 3 is 2.09 bits per heavy atom. The molecule has 0 unspecified atom stereocenters. The smallest absolute Gasteiger partial charge is 0.257 e. The fourth-order valence-corrected chi connectivity index (χ4v) is 7.84. The van der Waals surface area contributed by atoms with Crippen LogP contribution < -0.4 is 5.32 Å². The van der Waals surface area contributed by atoms with Gasteiger partial charge in [-0.15, -0.1) is 0 Å². The highest BCUT2D eigenvalue weighted by molar-refractivity contribution is 7.92. The number of sulfonamides is 1.